The van der Waals surface area contributed by atoms with Crippen molar-refractivity contribution in [2.45, 2.75) is 20.1 Å². The van der Waals surface area contributed by atoms with Crippen molar-refractivity contribution in [3.8, 4) is 5.75 Å². The molecule has 18 heavy (non-hydrogen) atoms. The van der Waals surface area contributed by atoms with Gasteiger partial charge >= 0.3 is 0 Å². The molecule has 3 heteroatoms. The van der Waals surface area contributed by atoms with Crippen LogP contribution in [0.25, 0.3) is 0 Å². The van der Waals surface area contributed by atoms with Gasteiger partial charge in [-0.25, -0.2) is 4.39 Å². The van der Waals surface area contributed by atoms with Crippen molar-refractivity contribution < 1.29 is 9.13 Å². The molecule has 2 N–H and O–H groups in total. The fraction of sp³-hybridized carbons (Fsp3) is 0.200. The Labute approximate surface area is 106 Å². The summed E-state index contributed by atoms with van der Waals surface area (Å²) in [6.07, 6.45) is 0. The second kappa shape index (κ2) is 5.65. The zero-order valence-corrected chi connectivity index (χ0v) is 10.3. The van der Waals surface area contributed by atoms with Crippen LogP contribution in [0.3, 0.4) is 0 Å². The maximum absolute atomic E-state index is 13.5. The highest BCUT2D eigenvalue weighted by Gasteiger charge is 2.03. The molecule has 0 saturated carbocycles. The Kier molecular flexibility index (Phi) is 3.95. The van der Waals surface area contributed by atoms with Gasteiger partial charge in [-0.3, -0.25) is 0 Å². The molecule has 2 nitrogen and oxygen atoms in total. The molecule has 0 heterocycles. The van der Waals surface area contributed by atoms with Gasteiger partial charge in [0.15, 0.2) is 0 Å². The normalized spacial score (nSPS) is 10.4. The number of halogens is 1. The third-order valence-electron chi connectivity index (χ3n) is 2.77. The Bertz CT molecular complexity index is 523. The second-order valence-electron chi connectivity index (χ2n) is 4.23. The quantitative estimate of drug-likeness (QED) is 0.898. The number of ether oxygens (including phenoxy) is 1. The molecule has 2 rings (SSSR count). The molecule has 0 aliphatic carbocycles. The minimum atomic E-state index is -0.320. The molecule has 0 saturated heterocycles. The third kappa shape index (κ3) is 3.08. The molecule has 94 valence electrons. The van der Waals surface area contributed by atoms with Crippen LogP contribution in [0.1, 0.15) is 16.7 Å². The first kappa shape index (κ1) is 12.6. The maximum Gasteiger partial charge on any atom is 0.131 e. The Morgan fingerprint density at radius 3 is 2.44 bits per heavy atom. The van der Waals surface area contributed by atoms with E-state index in [2.05, 4.69) is 0 Å². The molecular weight excluding hydrogens is 229 g/mol. The summed E-state index contributed by atoms with van der Waals surface area (Å²) in [5, 5.41) is 0. The Morgan fingerprint density at radius 2 is 1.83 bits per heavy atom. The number of rotatable bonds is 4. The van der Waals surface area contributed by atoms with Crippen molar-refractivity contribution in [1.82, 2.24) is 0 Å². The van der Waals surface area contributed by atoms with Crippen LogP contribution in [0.4, 0.5) is 4.39 Å². The van der Waals surface area contributed by atoms with E-state index < -0.39 is 0 Å². The molecule has 0 aromatic heterocycles. The fourth-order valence-electron chi connectivity index (χ4n) is 1.63. The molecule has 2 aromatic rings. The van der Waals surface area contributed by atoms with Gasteiger partial charge in [-0.15, -0.1) is 0 Å². The van der Waals surface area contributed by atoms with Crippen LogP contribution in [0.5, 0.6) is 5.75 Å². The second-order valence-corrected chi connectivity index (χ2v) is 4.23. The van der Waals surface area contributed by atoms with Crippen LogP contribution >= 0.6 is 0 Å². The summed E-state index contributed by atoms with van der Waals surface area (Å²) in [5.41, 5.74) is 8.16. The molecule has 0 bridgehead atoms. The van der Waals surface area contributed by atoms with E-state index in [0.29, 0.717) is 17.9 Å². The summed E-state index contributed by atoms with van der Waals surface area (Å²) in [6, 6.07) is 12.8. The molecule has 0 aliphatic heterocycles. The summed E-state index contributed by atoms with van der Waals surface area (Å²) in [6.45, 7) is 2.66. The van der Waals surface area contributed by atoms with E-state index in [0.717, 1.165) is 5.56 Å². The minimum Gasteiger partial charge on any atom is -0.489 e. The average molecular weight is 245 g/mol. The summed E-state index contributed by atoms with van der Waals surface area (Å²) in [4.78, 5) is 0. The van der Waals surface area contributed by atoms with E-state index in [1.54, 1.807) is 12.1 Å². The summed E-state index contributed by atoms with van der Waals surface area (Å²) >= 11 is 0. The van der Waals surface area contributed by atoms with Gasteiger partial charge in [0.2, 0.25) is 0 Å². The van der Waals surface area contributed by atoms with E-state index in [4.69, 9.17) is 10.5 Å². The predicted octanol–water partition coefficient (Wildman–Crippen LogP) is 3.17. The van der Waals surface area contributed by atoms with Crippen molar-refractivity contribution in [3.05, 3.63) is 65.0 Å². The van der Waals surface area contributed by atoms with Gasteiger partial charge in [-0.05, 0) is 18.6 Å². The maximum atomic E-state index is 13.5. The molecule has 0 aliphatic rings. The Hall–Kier alpha value is -1.87. The van der Waals surface area contributed by atoms with Crippen molar-refractivity contribution >= 4 is 0 Å². The predicted molar refractivity (Wildman–Crippen MR) is 69.8 cm³/mol. The van der Waals surface area contributed by atoms with Crippen LogP contribution in [0, 0.1) is 12.7 Å². The summed E-state index contributed by atoms with van der Waals surface area (Å²) < 4.78 is 19.0. The van der Waals surface area contributed by atoms with Gasteiger partial charge in [-0.1, -0.05) is 35.9 Å². The smallest absolute Gasteiger partial charge is 0.131 e. The van der Waals surface area contributed by atoms with Crippen LogP contribution < -0.4 is 10.5 Å². The first-order chi connectivity index (χ1) is 8.69. The van der Waals surface area contributed by atoms with Crippen molar-refractivity contribution in [3.63, 3.8) is 0 Å². The van der Waals surface area contributed by atoms with Crippen molar-refractivity contribution in [2.24, 2.45) is 5.73 Å². The van der Waals surface area contributed by atoms with E-state index in [-0.39, 0.29) is 12.4 Å². The van der Waals surface area contributed by atoms with Gasteiger partial charge in [0.05, 0.1) is 0 Å². The highest BCUT2D eigenvalue weighted by Crippen LogP contribution is 2.17. The number of hydrogen-bond acceptors (Lipinski definition) is 2. The number of benzene rings is 2. The number of nitrogens with two attached hydrogens (primary N) is 1. The van der Waals surface area contributed by atoms with Crippen molar-refractivity contribution in [2.75, 3.05) is 0 Å². The number of aryl methyl sites for hydroxylation is 1. The highest BCUT2D eigenvalue weighted by atomic mass is 19.1. The molecule has 0 atom stereocenters. The van der Waals surface area contributed by atoms with Crippen LogP contribution in [0.2, 0.25) is 0 Å². The molecule has 2 aromatic carbocycles. The van der Waals surface area contributed by atoms with Gasteiger partial charge in [0.1, 0.15) is 18.2 Å². The molecule has 0 unspecified atom stereocenters. The first-order valence-electron chi connectivity index (χ1n) is 5.86. The topological polar surface area (TPSA) is 35.2 Å². The monoisotopic (exact) mass is 245 g/mol. The van der Waals surface area contributed by atoms with Crippen LogP contribution in [0.15, 0.2) is 42.5 Å². The molecular formula is C15H16FNO. The van der Waals surface area contributed by atoms with Gasteiger partial charge < -0.3 is 10.5 Å². The van der Waals surface area contributed by atoms with E-state index in [1.165, 1.54) is 11.6 Å². The lowest BCUT2D eigenvalue weighted by Gasteiger charge is -2.08. The van der Waals surface area contributed by atoms with Gasteiger partial charge in [0.25, 0.3) is 0 Å². The molecule has 0 amide bonds. The molecule has 0 fully saturated rings. The first-order valence-corrected chi connectivity index (χ1v) is 5.86. The lowest BCUT2D eigenvalue weighted by Crippen LogP contribution is -2.01. The zero-order chi connectivity index (χ0) is 13.0. The summed E-state index contributed by atoms with van der Waals surface area (Å²) in [7, 11) is 0. The standard InChI is InChI=1S/C15H16FNO/c1-11-2-4-12(5-3-11)10-18-14-7-6-13(9-17)15(16)8-14/h2-8H,9-10,17H2,1H3. The third-order valence-corrected chi connectivity index (χ3v) is 2.77. The highest BCUT2D eigenvalue weighted by molar-refractivity contribution is 5.29. The van der Waals surface area contributed by atoms with Crippen molar-refractivity contribution in [1.29, 1.82) is 0 Å². The Morgan fingerprint density at radius 1 is 1.11 bits per heavy atom. The van der Waals surface area contributed by atoms with Gasteiger partial charge in [-0.2, -0.15) is 0 Å². The van der Waals surface area contributed by atoms with E-state index in [1.807, 2.05) is 31.2 Å². The van der Waals surface area contributed by atoms with Gasteiger partial charge in [0, 0.05) is 18.2 Å². The molecule has 0 spiro atoms. The lowest BCUT2D eigenvalue weighted by molar-refractivity contribution is 0.304. The van der Waals surface area contributed by atoms with Crippen LogP contribution in [-0.2, 0) is 13.2 Å². The fourth-order valence-corrected chi connectivity index (χ4v) is 1.63. The zero-order valence-electron chi connectivity index (χ0n) is 10.3. The summed E-state index contributed by atoms with van der Waals surface area (Å²) in [5.74, 6) is 0.198. The SMILES string of the molecule is Cc1ccc(COc2ccc(CN)c(F)c2)cc1. The average Bonchev–Trinajstić information content (AvgIpc) is 2.38. The largest absolute Gasteiger partial charge is 0.489 e. The lowest BCUT2D eigenvalue weighted by atomic mass is 10.2. The minimum absolute atomic E-state index is 0.198. The van der Waals surface area contributed by atoms with E-state index in [9.17, 15) is 4.39 Å². The van der Waals surface area contributed by atoms with E-state index >= 15 is 0 Å². The van der Waals surface area contributed by atoms with Crippen LogP contribution in [-0.4, -0.2) is 0 Å². The number of hydrogen-bond donors (Lipinski definition) is 1. The Balaban J connectivity index is 2.02. The molecule has 0 radical (unpaired) electrons.